The van der Waals surface area contributed by atoms with E-state index in [2.05, 4.69) is 0 Å². The highest BCUT2D eigenvalue weighted by Gasteiger charge is 2.13. The van der Waals surface area contributed by atoms with Gasteiger partial charge in [0.2, 0.25) is 5.91 Å². The molecule has 0 saturated heterocycles. The second kappa shape index (κ2) is 7.13. The Morgan fingerprint density at radius 3 is 2.39 bits per heavy atom. The van der Waals surface area contributed by atoms with Crippen LogP contribution >= 0.6 is 0 Å². The van der Waals surface area contributed by atoms with E-state index in [0.717, 1.165) is 0 Å². The number of hydrogen-bond acceptors (Lipinski definition) is 4. The number of nitro groups is 1. The third kappa shape index (κ3) is 4.10. The van der Waals surface area contributed by atoms with Gasteiger partial charge < -0.3 is 0 Å². The number of carbonyl (C=O) groups excluding carboxylic acids is 2. The van der Waals surface area contributed by atoms with Crippen molar-refractivity contribution in [3.8, 4) is 0 Å². The lowest BCUT2D eigenvalue weighted by Crippen LogP contribution is -2.22. The van der Waals surface area contributed by atoms with Gasteiger partial charge in [0.1, 0.15) is 0 Å². The van der Waals surface area contributed by atoms with Crippen molar-refractivity contribution < 1.29 is 14.5 Å². The van der Waals surface area contributed by atoms with Crippen molar-refractivity contribution in [2.24, 2.45) is 0 Å². The van der Waals surface area contributed by atoms with Gasteiger partial charge in [-0.25, -0.2) is 0 Å². The fraction of sp³-hybridized carbons (Fsp3) is 0.0588. The molecular weight excluding hydrogens is 296 g/mol. The molecule has 0 N–H and O–H groups in total. The third-order valence-corrected chi connectivity index (χ3v) is 3.09. The summed E-state index contributed by atoms with van der Waals surface area (Å²) in [7, 11) is 0. The summed E-state index contributed by atoms with van der Waals surface area (Å²) in [5.74, 6) is -0.620. The molecule has 0 spiro atoms. The van der Waals surface area contributed by atoms with Crippen LogP contribution in [0.2, 0.25) is 0 Å². The van der Waals surface area contributed by atoms with Crippen LogP contribution in [0.4, 0.5) is 11.4 Å². The minimum atomic E-state index is -0.541. The van der Waals surface area contributed by atoms with Crippen molar-refractivity contribution in [2.45, 2.75) is 6.92 Å². The van der Waals surface area contributed by atoms with E-state index < -0.39 is 4.92 Å². The number of non-ortho nitro benzene ring substituents is 1. The molecule has 6 nitrogen and oxygen atoms in total. The first-order chi connectivity index (χ1) is 11.0. The molecule has 0 saturated carbocycles. The van der Waals surface area contributed by atoms with E-state index in [0.29, 0.717) is 11.3 Å². The molecular formula is C17H14N2O4. The Hall–Kier alpha value is -3.28. The molecule has 6 heteroatoms. The number of benzene rings is 2. The summed E-state index contributed by atoms with van der Waals surface area (Å²) in [6.07, 6.45) is 2.58. The van der Waals surface area contributed by atoms with Gasteiger partial charge in [-0.2, -0.15) is 0 Å². The van der Waals surface area contributed by atoms with Gasteiger partial charge in [0, 0.05) is 36.9 Å². The summed E-state index contributed by atoms with van der Waals surface area (Å²) in [5, 5.41) is 10.8. The summed E-state index contributed by atoms with van der Waals surface area (Å²) < 4.78 is 0. The standard InChI is InChI=1S/C17H14N2O4/c1-13(20)18(15-8-5-9-16(12-15)19(22)23)11-10-17(21)14-6-3-2-4-7-14/h2-12H,1H3/b11-10+. The number of anilines is 1. The zero-order valence-corrected chi connectivity index (χ0v) is 12.4. The van der Waals surface area contributed by atoms with Crippen molar-refractivity contribution in [3.63, 3.8) is 0 Å². The average molecular weight is 310 g/mol. The Morgan fingerprint density at radius 1 is 1.09 bits per heavy atom. The molecule has 2 rings (SSSR count). The van der Waals surface area contributed by atoms with Gasteiger partial charge in [-0.1, -0.05) is 36.4 Å². The van der Waals surface area contributed by atoms with Crippen molar-refractivity contribution in [2.75, 3.05) is 4.90 Å². The number of nitro benzene ring substituents is 1. The number of allylic oxidation sites excluding steroid dienone is 1. The van der Waals surface area contributed by atoms with Gasteiger partial charge in [-0.05, 0) is 6.07 Å². The van der Waals surface area contributed by atoms with E-state index in [1.54, 1.807) is 36.4 Å². The summed E-state index contributed by atoms with van der Waals surface area (Å²) in [4.78, 5) is 35.3. The summed E-state index contributed by atoms with van der Waals surface area (Å²) in [5.41, 5.74) is 0.687. The van der Waals surface area contributed by atoms with Crippen molar-refractivity contribution in [1.82, 2.24) is 0 Å². The predicted molar refractivity (Wildman–Crippen MR) is 86.2 cm³/mol. The Balaban J connectivity index is 2.27. The van der Waals surface area contributed by atoms with Crippen molar-refractivity contribution in [1.29, 1.82) is 0 Å². The van der Waals surface area contributed by atoms with E-state index in [1.807, 2.05) is 0 Å². The Morgan fingerprint density at radius 2 is 1.78 bits per heavy atom. The normalized spacial score (nSPS) is 10.5. The van der Waals surface area contributed by atoms with Crippen LogP contribution in [-0.4, -0.2) is 16.6 Å². The van der Waals surface area contributed by atoms with Gasteiger partial charge >= 0.3 is 0 Å². The molecule has 2 aromatic rings. The quantitative estimate of drug-likeness (QED) is 0.367. The zero-order valence-electron chi connectivity index (χ0n) is 12.4. The Bertz CT molecular complexity index is 769. The number of carbonyl (C=O) groups is 2. The topological polar surface area (TPSA) is 80.5 Å². The molecule has 0 heterocycles. The SMILES string of the molecule is CC(=O)N(/C=C/C(=O)c1ccccc1)c1cccc([N+](=O)[O-])c1. The van der Waals surface area contributed by atoms with Crippen LogP contribution in [-0.2, 0) is 4.79 Å². The molecule has 116 valence electrons. The molecule has 0 atom stereocenters. The highest BCUT2D eigenvalue weighted by molar-refractivity contribution is 6.05. The van der Waals surface area contributed by atoms with Gasteiger partial charge in [0.15, 0.2) is 5.78 Å². The average Bonchev–Trinajstić information content (AvgIpc) is 2.55. The zero-order chi connectivity index (χ0) is 16.8. The molecule has 0 bridgehead atoms. The molecule has 0 aliphatic carbocycles. The number of amides is 1. The fourth-order valence-corrected chi connectivity index (χ4v) is 1.97. The maximum absolute atomic E-state index is 12.0. The summed E-state index contributed by atoms with van der Waals surface area (Å²) in [6, 6.07) is 14.3. The van der Waals surface area contributed by atoms with Crippen LogP contribution in [0.25, 0.3) is 0 Å². The van der Waals surface area contributed by atoms with Crippen LogP contribution in [0.1, 0.15) is 17.3 Å². The second-order valence-corrected chi connectivity index (χ2v) is 4.71. The van der Waals surface area contributed by atoms with E-state index in [-0.39, 0.29) is 17.4 Å². The lowest BCUT2D eigenvalue weighted by atomic mass is 10.1. The molecule has 23 heavy (non-hydrogen) atoms. The maximum Gasteiger partial charge on any atom is 0.271 e. The van der Waals surface area contributed by atoms with E-state index in [1.165, 1.54) is 42.3 Å². The lowest BCUT2D eigenvalue weighted by molar-refractivity contribution is -0.384. The first-order valence-electron chi connectivity index (χ1n) is 6.81. The van der Waals surface area contributed by atoms with E-state index >= 15 is 0 Å². The monoisotopic (exact) mass is 310 g/mol. The van der Waals surface area contributed by atoms with Crippen LogP contribution in [0.5, 0.6) is 0 Å². The van der Waals surface area contributed by atoms with Gasteiger partial charge in [0.25, 0.3) is 5.69 Å². The molecule has 2 aromatic carbocycles. The molecule has 0 aromatic heterocycles. The minimum Gasteiger partial charge on any atom is -0.289 e. The van der Waals surface area contributed by atoms with Crippen molar-refractivity contribution >= 4 is 23.1 Å². The number of nitrogens with zero attached hydrogens (tertiary/aromatic N) is 2. The van der Waals surface area contributed by atoms with E-state index in [4.69, 9.17) is 0 Å². The molecule has 0 aliphatic rings. The summed E-state index contributed by atoms with van der Waals surface area (Å²) in [6.45, 7) is 1.32. The summed E-state index contributed by atoms with van der Waals surface area (Å²) >= 11 is 0. The molecule has 0 radical (unpaired) electrons. The largest absolute Gasteiger partial charge is 0.289 e. The minimum absolute atomic E-state index is 0.128. The molecule has 0 aliphatic heterocycles. The molecule has 1 amide bonds. The molecule has 0 unspecified atom stereocenters. The Kier molecular flexibility index (Phi) is 4.99. The smallest absolute Gasteiger partial charge is 0.271 e. The van der Waals surface area contributed by atoms with Gasteiger partial charge in [0.05, 0.1) is 10.6 Å². The lowest BCUT2D eigenvalue weighted by Gasteiger charge is -2.16. The fourth-order valence-electron chi connectivity index (χ4n) is 1.97. The number of ketones is 1. The van der Waals surface area contributed by atoms with Crippen LogP contribution in [0, 0.1) is 10.1 Å². The molecule has 0 fully saturated rings. The second-order valence-electron chi connectivity index (χ2n) is 4.71. The highest BCUT2D eigenvalue weighted by Crippen LogP contribution is 2.21. The van der Waals surface area contributed by atoms with E-state index in [9.17, 15) is 19.7 Å². The van der Waals surface area contributed by atoms with Crippen LogP contribution in [0.3, 0.4) is 0 Å². The van der Waals surface area contributed by atoms with Crippen LogP contribution < -0.4 is 4.90 Å². The maximum atomic E-state index is 12.0. The van der Waals surface area contributed by atoms with Crippen molar-refractivity contribution in [3.05, 3.63) is 82.6 Å². The first kappa shape index (κ1) is 16.1. The third-order valence-electron chi connectivity index (χ3n) is 3.09. The predicted octanol–water partition coefficient (Wildman–Crippen LogP) is 3.34. The van der Waals surface area contributed by atoms with Crippen LogP contribution in [0.15, 0.2) is 66.9 Å². The Labute approximate surface area is 132 Å². The number of rotatable bonds is 5. The highest BCUT2D eigenvalue weighted by atomic mass is 16.6. The van der Waals surface area contributed by atoms with Gasteiger partial charge in [-0.3, -0.25) is 24.6 Å². The first-order valence-corrected chi connectivity index (χ1v) is 6.81. The van der Waals surface area contributed by atoms with Gasteiger partial charge in [-0.15, -0.1) is 0 Å². The number of hydrogen-bond donors (Lipinski definition) is 0.